The number of carbonyl (C=O) groups is 2. The predicted octanol–water partition coefficient (Wildman–Crippen LogP) is -0.305. The number of nitrogens with one attached hydrogen (secondary N) is 1. The third-order valence-electron chi connectivity index (χ3n) is 1.71. The molecule has 5 heteroatoms. The summed E-state index contributed by atoms with van der Waals surface area (Å²) in [6.45, 7) is 4.21. The Balaban J connectivity index is 3.59. The number of aliphatic carboxylic acids is 1. The molecule has 0 radical (unpaired) electrons. The third-order valence-corrected chi connectivity index (χ3v) is 1.71. The number of hydrogen-bond acceptors (Lipinski definition) is 3. The van der Waals surface area contributed by atoms with Crippen LogP contribution in [0.3, 0.4) is 0 Å². The van der Waals surface area contributed by atoms with Gasteiger partial charge in [0, 0.05) is 25.2 Å². The quantitative estimate of drug-likeness (QED) is 0.577. The Bertz CT molecular complexity index is 226. The summed E-state index contributed by atoms with van der Waals surface area (Å²) in [7, 11) is 1.94. The summed E-state index contributed by atoms with van der Waals surface area (Å²) in [6.07, 6.45) is 1.83. The van der Waals surface area contributed by atoms with Crippen molar-refractivity contribution < 1.29 is 14.7 Å². The summed E-state index contributed by atoms with van der Waals surface area (Å²) in [5, 5.41) is 10.8. The van der Waals surface area contributed by atoms with Crippen molar-refractivity contribution in [1.29, 1.82) is 0 Å². The van der Waals surface area contributed by atoms with E-state index in [1.54, 1.807) is 0 Å². The molecule has 0 heterocycles. The van der Waals surface area contributed by atoms with Gasteiger partial charge in [-0.3, -0.25) is 4.79 Å². The van der Waals surface area contributed by atoms with Crippen LogP contribution in [0.1, 0.15) is 6.92 Å². The molecule has 0 rings (SSSR count). The lowest BCUT2D eigenvalue weighted by atomic mass is 10.4. The van der Waals surface area contributed by atoms with E-state index in [1.165, 1.54) is 0 Å². The van der Waals surface area contributed by atoms with E-state index in [1.807, 2.05) is 18.9 Å². The molecule has 0 aromatic heterocycles. The molecule has 0 atom stereocenters. The van der Waals surface area contributed by atoms with Crippen molar-refractivity contribution >= 4 is 11.9 Å². The zero-order chi connectivity index (χ0) is 11.0. The summed E-state index contributed by atoms with van der Waals surface area (Å²) in [4.78, 5) is 23.0. The van der Waals surface area contributed by atoms with Crippen LogP contribution in [-0.2, 0) is 9.59 Å². The summed E-state index contributed by atoms with van der Waals surface area (Å²) >= 11 is 0. The number of carboxylic acids is 1. The lowest BCUT2D eigenvalue weighted by Gasteiger charge is -2.13. The van der Waals surface area contributed by atoms with Crippen molar-refractivity contribution in [2.75, 3.05) is 26.7 Å². The molecule has 0 saturated heterocycles. The lowest BCUT2D eigenvalue weighted by Crippen LogP contribution is -2.31. The van der Waals surface area contributed by atoms with Crippen LogP contribution in [0.15, 0.2) is 12.2 Å². The summed E-state index contributed by atoms with van der Waals surface area (Å²) in [5.74, 6) is -1.50. The average molecular weight is 200 g/mol. The second kappa shape index (κ2) is 7.08. The SMILES string of the molecule is CCN(C)CCNC(=O)C=CC(=O)O. The molecular formula is C9H16N2O3. The fourth-order valence-corrected chi connectivity index (χ4v) is 0.734. The highest BCUT2D eigenvalue weighted by Crippen LogP contribution is 1.79. The topological polar surface area (TPSA) is 69.6 Å². The monoisotopic (exact) mass is 200 g/mol. The smallest absolute Gasteiger partial charge is 0.328 e. The molecule has 0 bridgehead atoms. The van der Waals surface area contributed by atoms with Gasteiger partial charge in [0.15, 0.2) is 0 Å². The van der Waals surface area contributed by atoms with Crippen LogP contribution in [0.2, 0.25) is 0 Å². The number of likely N-dealkylation sites (N-methyl/N-ethyl adjacent to an activating group) is 1. The maximum absolute atomic E-state index is 10.9. The molecule has 0 aliphatic carbocycles. The minimum absolute atomic E-state index is 0.378. The molecule has 0 spiro atoms. The first-order chi connectivity index (χ1) is 6.56. The minimum atomic E-state index is -1.12. The molecule has 80 valence electrons. The van der Waals surface area contributed by atoms with Crippen LogP contribution in [0, 0.1) is 0 Å². The summed E-state index contributed by atoms with van der Waals surface area (Å²) < 4.78 is 0. The Morgan fingerprint density at radius 3 is 2.57 bits per heavy atom. The first kappa shape index (κ1) is 12.6. The Hall–Kier alpha value is -1.36. The van der Waals surface area contributed by atoms with Gasteiger partial charge in [-0.25, -0.2) is 4.79 Å². The van der Waals surface area contributed by atoms with Crippen LogP contribution in [0.5, 0.6) is 0 Å². The van der Waals surface area contributed by atoms with E-state index in [2.05, 4.69) is 5.32 Å². The number of carboxylic acid groups (broad SMARTS) is 1. The third kappa shape index (κ3) is 7.30. The maximum Gasteiger partial charge on any atom is 0.328 e. The Labute approximate surface area is 83.4 Å². The van der Waals surface area contributed by atoms with Crippen LogP contribution >= 0.6 is 0 Å². The van der Waals surface area contributed by atoms with E-state index >= 15 is 0 Å². The highest BCUT2D eigenvalue weighted by Gasteiger charge is 1.97. The minimum Gasteiger partial charge on any atom is -0.478 e. The van der Waals surface area contributed by atoms with E-state index < -0.39 is 5.97 Å². The fraction of sp³-hybridized carbons (Fsp3) is 0.556. The van der Waals surface area contributed by atoms with Gasteiger partial charge in [0.2, 0.25) is 5.91 Å². The van der Waals surface area contributed by atoms with Crippen LogP contribution in [0.25, 0.3) is 0 Å². The Kier molecular flexibility index (Phi) is 6.39. The van der Waals surface area contributed by atoms with Crippen molar-refractivity contribution in [2.45, 2.75) is 6.92 Å². The van der Waals surface area contributed by atoms with Crippen molar-refractivity contribution in [3.63, 3.8) is 0 Å². The molecule has 5 nitrogen and oxygen atoms in total. The highest BCUT2D eigenvalue weighted by molar-refractivity contribution is 5.93. The molecule has 1 amide bonds. The van der Waals surface area contributed by atoms with Gasteiger partial charge in [0.25, 0.3) is 0 Å². The van der Waals surface area contributed by atoms with Gasteiger partial charge in [-0.2, -0.15) is 0 Å². The number of amides is 1. The lowest BCUT2D eigenvalue weighted by molar-refractivity contribution is -0.131. The molecular weight excluding hydrogens is 184 g/mol. The van der Waals surface area contributed by atoms with Crippen molar-refractivity contribution in [2.24, 2.45) is 0 Å². The van der Waals surface area contributed by atoms with E-state index in [4.69, 9.17) is 5.11 Å². The van der Waals surface area contributed by atoms with Crippen LogP contribution < -0.4 is 5.32 Å². The molecule has 0 aromatic carbocycles. The standard InChI is InChI=1S/C9H16N2O3/c1-3-11(2)7-6-10-8(12)4-5-9(13)14/h4-5H,3,6-7H2,1-2H3,(H,10,12)(H,13,14). The predicted molar refractivity (Wildman–Crippen MR) is 53.0 cm³/mol. The van der Waals surface area contributed by atoms with Gasteiger partial charge in [-0.1, -0.05) is 6.92 Å². The highest BCUT2D eigenvalue weighted by atomic mass is 16.4. The largest absolute Gasteiger partial charge is 0.478 e. The van der Waals surface area contributed by atoms with Gasteiger partial charge < -0.3 is 15.3 Å². The molecule has 0 fully saturated rings. The maximum atomic E-state index is 10.9. The number of nitrogens with zero attached hydrogens (tertiary/aromatic N) is 1. The van der Waals surface area contributed by atoms with Crippen molar-refractivity contribution in [3.8, 4) is 0 Å². The zero-order valence-corrected chi connectivity index (χ0v) is 8.49. The van der Waals surface area contributed by atoms with Gasteiger partial charge in [-0.05, 0) is 13.6 Å². The Morgan fingerprint density at radius 1 is 1.43 bits per heavy atom. The van der Waals surface area contributed by atoms with E-state index in [-0.39, 0.29) is 5.91 Å². The first-order valence-corrected chi connectivity index (χ1v) is 4.43. The number of carbonyl (C=O) groups excluding carboxylic acids is 1. The van der Waals surface area contributed by atoms with Crippen LogP contribution in [-0.4, -0.2) is 48.6 Å². The molecule has 0 unspecified atom stereocenters. The normalized spacial score (nSPS) is 10.8. The fourth-order valence-electron chi connectivity index (χ4n) is 0.734. The van der Waals surface area contributed by atoms with E-state index in [0.29, 0.717) is 6.54 Å². The second-order valence-corrected chi connectivity index (χ2v) is 2.86. The number of hydrogen-bond donors (Lipinski definition) is 2. The van der Waals surface area contributed by atoms with Crippen molar-refractivity contribution in [3.05, 3.63) is 12.2 Å². The summed E-state index contributed by atoms with van der Waals surface area (Å²) in [5.41, 5.74) is 0. The average Bonchev–Trinajstić information content (AvgIpc) is 2.14. The second-order valence-electron chi connectivity index (χ2n) is 2.86. The zero-order valence-electron chi connectivity index (χ0n) is 8.49. The first-order valence-electron chi connectivity index (χ1n) is 4.43. The molecule has 0 aromatic rings. The van der Waals surface area contributed by atoms with Gasteiger partial charge in [0.05, 0.1) is 0 Å². The Morgan fingerprint density at radius 2 is 2.07 bits per heavy atom. The number of rotatable bonds is 6. The van der Waals surface area contributed by atoms with Gasteiger partial charge >= 0.3 is 5.97 Å². The molecule has 2 N–H and O–H groups in total. The van der Waals surface area contributed by atoms with Crippen molar-refractivity contribution in [1.82, 2.24) is 10.2 Å². The van der Waals surface area contributed by atoms with E-state index in [9.17, 15) is 9.59 Å². The molecule has 0 aliphatic heterocycles. The van der Waals surface area contributed by atoms with Gasteiger partial charge in [-0.15, -0.1) is 0 Å². The van der Waals surface area contributed by atoms with E-state index in [0.717, 1.165) is 25.2 Å². The summed E-state index contributed by atoms with van der Waals surface area (Å²) in [6, 6.07) is 0. The molecule has 14 heavy (non-hydrogen) atoms. The molecule has 0 saturated carbocycles. The van der Waals surface area contributed by atoms with Crippen LogP contribution in [0.4, 0.5) is 0 Å². The van der Waals surface area contributed by atoms with Gasteiger partial charge in [0.1, 0.15) is 0 Å². The molecule has 0 aliphatic rings.